The molecule has 0 saturated carbocycles. The van der Waals surface area contributed by atoms with Crippen molar-refractivity contribution in [2.24, 2.45) is 0 Å². The molecule has 0 aliphatic carbocycles. The van der Waals surface area contributed by atoms with Gasteiger partial charge in [0.1, 0.15) is 37.8 Å². The summed E-state index contributed by atoms with van der Waals surface area (Å²) >= 11 is 0. The molecule has 0 amide bonds. The van der Waals surface area contributed by atoms with Crippen LogP contribution in [0, 0.1) is 0 Å². The van der Waals surface area contributed by atoms with Crippen molar-refractivity contribution in [2.75, 3.05) is 13.3 Å². The molecule has 0 aliphatic rings. The quantitative estimate of drug-likeness (QED) is 0.415. The summed E-state index contributed by atoms with van der Waals surface area (Å²) in [6.45, 7) is -2.53. The van der Waals surface area contributed by atoms with Crippen LogP contribution in [0.5, 0.6) is 0 Å². The van der Waals surface area contributed by atoms with Crippen molar-refractivity contribution in [2.45, 2.75) is 24.4 Å². The lowest BCUT2D eigenvalue weighted by atomic mass is 10.0. The van der Waals surface area contributed by atoms with Crippen LogP contribution in [0.1, 0.15) is 0 Å². The summed E-state index contributed by atoms with van der Waals surface area (Å²) in [4.78, 5) is 0. The third-order valence-corrected chi connectivity index (χ3v) is 1.45. The third-order valence-electron chi connectivity index (χ3n) is 1.45. The molecular formula is C6H12F2O4. The van der Waals surface area contributed by atoms with E-state index in [1.165, 1.54) is 0 Å². The number of aliphatic hydroxyl groups is 4. The van der Waals surface area contributed by atoms with E-state index in [4.69, 9.17) is 20.4 Å². The number of hydrogen-bond donors (Lipinski definition) is 4. The summed E-state index contributed by atoms with van der Waals surface area (Å²) < 4.78 is 23.3. The second-order valence-electron chi connectivity index (χ2n) is 2.42. The van der Waals surface area contributed by atoms with Gasteiger partial charge in [0.05, 0.1) is 0 Å². The van der Waals surface area contributed by atoms with Crippen molar-refractivity contribution in [3.8, 4) is 0 Å². The maximum Gasteiger partial charge on any atom is 0.118 e. The zero-order valence-electron chi connectivity index (χ0n) is 6.27. The van der Waals surface area contributed by atoms with Gasteiger partial charge >= 0.3 is 0 Å². The first-order valence-corrected chi connectivity index (χ1v) is 3.38. The average molecular weight is 186 g/mol. The summed E-state index contributed by atoms with van der Waals surface area (Å²) in [6.07, 6.45) is -7.36. The molecule has 12 heavy (non-hydrogen) atoms. The van der Waals surface area contributed by atoms with Crippen molar-refractivity contribution in [3.63, 3.8) is 0 Å². The van der Waals surface area contributed by atoms with Gasteiger partial charge in [-0.05, 0) is 0 Å². The van der Waals surface area contributed by atoms with Crippen LogP contribution in [0.25, 0.3) is 0 Å². The maximum atomic E-state index is 11.7. The van der Waals surface area contributed by atoms with E-state index in [1.807, 2.05) is 0 Å². The van der Waals surface area contributed by atoms with Gasteiger partial charge in [-0.3, -0.25) is 0 Å². The normalized spacial score (nSPS) is 21.5. The van der Waals surface area contributed by atoms with Gasteiger partial charge in [0.15, 0.2) is 0 Å². The van der Waals surface area contributed by atoms with Crippen LogP contribution < -0.4 is 0 Å². The molecule has 0 heterocycles. The van der Waals surface area contributed by atoms with Crippen LogP contribution in [0.4, 0.5) is 8.78 Å². The van der Waals surface area contributed by atoms with Gasteiger partial charge in [0, 0.05) is 0 Å². The standard InChI is InChI=1S/C6H12F2O4/c7-1-3(9)5(11)6(12)4(10)2-8/h3-6,9-12H,1-2H2/t3-,4-,5-,6-/m1/s1. The Morgan fingerprint density at radius 2 is 1.00 bits per heavy atom. The van der Waals surface area contributed by atoms with E-state index in [0.29, 0.717) is 0 Å². The Kier molecular flexibility index (Phi) is 5.23. The highest BCUT2D eigenvalue weighted by atomic mass is 19.1. The second kappa shape index (κ2) is 5.36. The van der Waals surface area contributed by atoms with Crippen LogP contribution in [-0.4, -0.2) is 58.2 Å². The lowest BCUT2D eigenvalue weighted by molar-refractivity contribution is -0.112. The number of rotatable bonds is 5. The summed E-state index contributed by atoms with van der Waals surface area (Å²) in [5.41, 5.74) is 0. The zero-order chi connectivity index (χ0) is 9.72. The molecule has 4 N–H and O–H groups in total. The predicted molar refractivity (Wildman–Crippen MR) is 36.0 cm³/mol. The van der Waals surface area contributed by atoms with Crippen molar-refractivity contribution in [3.05, 3.63) is 0 Å². The largest absolute Gasteiger partial charge is 0.388 e. The van der Waals surface area contributed by atoms with E-state index in [-0.39, 0.29) is 0 Å². The first-order valence-electron chi connectivity index (χ1n) is 3.38. The zero-order valence-corrected chi connectivity index (χ0v) is 6.27. The van der Waals surface area contributed by atoms with Gasteiger partial charge in [0.2, 0.25) is 0 Å². The van der Waals surface area contributed by atoms with E-state index >= 15 is 0 Å². The van der Waals surface area contributed by atoms with Gasteiger partial charge < -0.3 is 20.4 Å². The fourth-order valence-electron chi connectivity index (χ4n) is 0.638. The molecule has 6 heteroatoms. The predicted octanol–water partition coefficient (Wildman–Crippen LogP) is -1.63. The Bertz CT molecular complexity index is 110. The minimum Gasteiger partial charge on any atom is -0.388 e. The van der Waals surface area contributed by atoms with Crippen LogP contribution in [0.3, 0.4) is 0 Å². The number of hydrogen-bond acceptors (Lipinski definition) is 4. The first kappa shape index (κ1) is 11.7. The van der Waals surface area contributed by atoms with Crippen LogP contribution in [0.15, 0.2) is 0 Å². The number of aliphatic hydroxyl groups excluding tert-OH is 4. The highest BCUT2D eigenvalue weighted by molar-refractivity contribution is 4.79. The SMILES string of the molecule is O[C@@H]([C@H](O)[C@H](O)CF)[C@H](O)CF. The maximum absolute atomic E-state index is 11.7. The van der Waals surface area contributed by atoms with E-state index in [2.05, 4.69) is 0 Å². The lowest BCUT2D eigenvalue weighted by Crippen LogP contribution is -2.46. The fourth-order valence-corrected chi connectivity index (χ4v) is 0.638. The lowest BCUT2D eigenvalue weighted by Gasteiger charge is -2.23. The number of alkyl halides is 2. The minimum absolute atomic E-state index is 1.27. The van der Waals surface area contributed by atoms with Gasteiger partial charge in [-0.15, -0.1) is 0 Å². The Hall–Kier alpha value is -0.300. The Morgan fingerprint density at radius 1 is 0.750 bits per heavy atom. The second-order valence-corrected chi connectivity index (χ2v) is 2.42. The molecule has 0 aromatic heterocycles. The monoisotopic (exact) mass is 186 g/mol. The molecule has 74 valence electrons. The number of halogens is 2. The average Bonchev–Trinajstić information content (AvgIpc) is 2.12. The van der Waals surface area contributed by atoms with Crippen molar-refractivity contribution in [1.82, 2.24) is 0 Å². The topological polar surface area (TPSA) is 80.9 Å². The molecule has 0 aromatic carbocycles. The Morgan fingerprint density at radius 3 is 1.17 bits per heavy atom. The molecule has 0 aliphatic heterocycles. The van der Waals surface area contributed by atoms with Gasteiger partial charge in [-0.25, -0.2) is 8.78 Å². The summed E-state index contributed by atoms with van der Waals surface area (Å²) in [5, 5.41) is 34.9. The van der Waals surface area contributed by atoms with E-state index in [1.54, 1.807) is 0 Å². The van der Waals surface area contributed by atoms with Gasteiger partial charge in [0.25, 0.3) is 0 Å². The summed E-state index contributed by atoms with van der Waals surface area (Å²) in [7, 11) is 0. The molecule has 0 aromatic rings. The summed E-state index contributed by atoms with van der Waals surface area (Å²) in [6, 6.07) is 0. The van der Waals surface area contributed by atoms with Crippen LogP contribution >= 0.6 is 0 Å². The van der Waals surface area contributed by atoms with E-state index < -0.39 is 37.8 Å². The smallest absolute Gasteiger partial charge is 0.118 e. The van der Waals surface area contributed by atoms with Crippen molar-refractivity contribution < 1.29 is 29.2 Å². The molecule has 0 radical (unpaired) electrons. The van der Waals surface area contributed by atoms with E-state index in [9.17, 15) is 8.78 Å². The molecule has 0 rings (SSSR count). The minimum atomic E-state index is -1.87. The van der Waals surface area contributed by atoms with Crippen LogP contribution in [-0.2, 0) is 0 Å². The Labute approximate surface area is 68.1 Å². The summed E-state index contributed by atoms with van der Waals surface area (Å²) in [5.74, 6) is 0. The van der Waals surface area contributed by atoms with Crippen LogP contribution in [0.2, 0.25) is 0 Å². The first-order chi connectivity index (χ1) is 5.54. The van der Waals surface area contributed by atoms with Crippen molar-refractivity contribution in [1.29, 1.82) is 0 Å². The van der Waals surface area contributed by atoms with E-state index in [0.717, 1.165) is 0 Å². The highest BCUT2D eigenvalue weighted by Crippen LogP contribution is 2.05. The molecule has 4 nitrogen and oxygen atoms in total. The van der Waals surface area contributed by atoms with Gasteiger partial charge in [-0.2, -0.15) is 0 Å². The van der Waals surface area contributed by atoms with Gasteiger partial charge in [-0.1, -0.05) is 0 Å². The fraction of sp³-hybridized carbons (Fsp3) is 1.00. The molecule has 0 unspecified atom stereocenters. The Balaban J connectivity index is 3.99. The molecular weight excluding hydrogens is 174 g/mol. The molecule has 4 atom stereocenters. The van der Waals surface area contributed by atoms with Crippen molar-refractivity contribution >= 4 is 0 Å². The third kappa shape index (κ3) is 2.98. The molecule has 0 fully saturated rings. The molecule has 0 bridgehead atoms. The highest BCUT2D eigenvalue weighted by Gasteiger charge is 2.30. The molecule has 0 saturated heterocycles. The molecule has 0 spiro atoms.